The molecule has 0 radical (unpaired) electrons. The second kappa shape index (κ2) is 6.06. The molecule has 1 aromatic carbocycles. The van der Waals surface area contributed by atoms with Crippen molar-refractivity contribution in [3.8, 4) is 0 Å². The van der Waals surface area contributed by atoms with Gasteiger partial charge in [-0.3, -0.25) is 4.79 Å². The van der Waals surface area contributed by atoms with Crippen molar-refractivity contribution in [1.29, 1.82) is 0 Å². The summed E-state index contributed by atoms with van der Waals surface area (Å²) in [4.78, 5) is 25.3. The highest BCUT2D eigenvalue weighted by Gasteiger charge is 2.56. The van der Waals surface area contributed by atoms with Crippen LogP contribution in [0.15, 0.2) is 42.6 Å². The molecule has 2 N–H and O–H groups in total. The summed E-state index contributed by atoms with van der Waals surface area (Å²) >= 11 is 0. The molecule has 134 valence electrons. The largest absolute Gasteiger partial charge is 0.477 e. The van der Waals surface area contributed by atoms with E-state index in [-0.39, 0.29) is 17.6 Å². The zero-order chi connectivity index (χ0) is 18.4. The summed E-state index contributed by atoms with van der Waals surface area (Å²) in [6, 6.07) is 7.30. The minimum atomic E-state index is -1.12. The monoisotopic (exact) mass is 354 g/mol. The van der Waals surface area contributed by atoms with Gasteiger partial charge in [-0.2, -0.15) is 0 Å². The molecule has 8 heteroatoms. The van der Waals surface area contributed by atoms with E-state index in [1.807, 2.05) is 28.8 Å². The van der Waals surface area contributed by atoms with Gasteiger partial charge >= 0.3 is 5.97 Å². The molecule has 1 fully saturated rings. The number of hydrogen-bond donors (Lipinski definition) is 2. The van der Waals surface area contributed by atoms with Crippen LogP contribution in [-0.2, 0) is 16.1 Å². The maximum atomic E-state index is 12.3. The maximum absolute atomic E-state index is 12.3. The van der Waals surface area contributed by atoms with Crippen molar-refractivity contribution in [2.45, 2.75) is 32.0 Å². The third kappa shape index (κ3) is 2.50. The number of carbonyl (C=O) groups is 2. The van der Waals surface area contributed by atoms with Crippen molar-refractivity contribution in [3.63, 3.8) is 0 Å². The molecule has 2 aliphatic rings. The second-order valence-electron chi connectivity index (χ2n) is 6.71. The molecule has 1 amide bonds. The molecule has 26 heavy (non-hydrogen) atoms. The van der Waals surface area contributed by atoms with Crippen LogP contribution in [-0.4, -0.2) is 53.9 Å². The summed E-state index contributed by atoms with van der Waals surface area (Å²) < 4.78 is 1.84. The highest BCUT2D eigenvalue weighted by atomic mass is 16.4. The number of carboxylic acids is 1. The van der Waals surface area contributed by atoms with Crippen LogP contribution in [0, 0.1) is 5.92 Å². The topological polar surface area (TPSA) is 109 Å². The van der Waals surface area contributed by atoms with E-state index in [0.29, 0.717) is 18.5 Å². The van der Waals surface area contributed by atoms with Gasteiger partial charge in [-0.05, 0) is 30.0 Å². The molecule has 2 aliphatic heterocycles. The number of hydrogen-bond acceptors (Lipinski definition) is 5. The Morgan fingerprint density at radius 3 is 2.50 bits per heavy atom. The smallest absolute Gasteiger partial charge is 0.352 e. The molecule has 4 rings (SSSR count). The van der Waals surface area contributed by atoms with Gasteiger partial charge in [0.25, 0.3) is 0 Å². The number of aliphatic carboxylic acids is 1. The van der Waals surface area contributed by atoms with Gasteiger partial charge in [0.1, 0.15) is 18.4 Å². The number of fused-ring (bicyclic) bond motifs is 1. The fourth-order valence-electron chi connectivity index (χ4n) is 3.85. The number of benzene rings is 1. The minimum Gasteiger partial charge on any atom is -0.477 e. The van der Waals surface area contributed by atoms with E-state index < -0.39 is 18.0 Å². The molecule has 8 nitrogen and oxygen atoms in total. The SMILES string of the molecule is C[C@@H](O)[C@@H]1C(=O)N2C(C(=O)O)=C(c3ccc(Cn4cnnc4)cc3)C[C@H]12. The van der Waals surface area contributed by atoms with E-state index in [1.54, 1.807) is 19.6 Å². The molecule has 0 bridgehead atoms. The van der Waals surface area contributed by atoms with Crippen LogP contribution in [0.3, 0.4) is 0 Å². The molecule has 0 unspecified atom stereocenters. The van der Waals surface area contributed by atoms with Crippen molar-refractivity contribution >= 4 is 17.4 Å². The number of rotatable bonds is 5. The number of amides is 1. The summed E-state index contributed by atoms with van der Waals surface area (Å²) in [6.45, 7) is 2.19. The molecule has 0 saturated carbocycles. The molecule has 2 aromatic rings. The second-order valence-corrected chi connectivity index (χ2v) is 6.71. The van der Waals surface area contributed by atoms with Gasteiger partial charge in [-0.25, -0.2) is 4.79 Å². The van der Waals surface area contributed by atoms with Crippen LogP contribution in [0.1, 0.15) is 24.5 Å². The lowest BCUT2D eigenvalue weighted by Gasteiger charge is -2.44. The molecular weight excluding hydrogens is 336 g/mol. The number of carbonyl (C=O) groups excluding carboxylic acids is 1. The van der Waals surface area contributed by atoms with Crippen LogP contribution in [0.2, 0.25) is 0 Å². The van der Waals surface area contributed by atoms with Crippen molar-refractivity contribution in [1.82, 2.24) is 19.7 Å². The molecule has 0 spiro atoms. The van der Waals surface area contributed by atoms with E-state index >= 15 is 0 Å². The fraction of sp³-hybridized carbons (Fsp3) is 0.333. The Morgan fingerprint density at radius 2 is 1.92 bits per heavy atom. The van der Waals surface area contributed by atoms with Gasteiger partial charge in [0.05, 0.1) is 18.1 Å². The Kier molecular flexibility index (Phi) is 3.84. The number of β-lactam (4-membered cyclic amide) rings is 1. The van der Waals surface area contributed by atoms with E-state index in [0.717, 1.165) is 11.1 Å². The lowest BCUT2D eigenvalue weighted by Crippen LogP contribution is -2.61. The number of carboxylic acid groups (broad SMARTS) is 1. The average molecular weight is 354 g/mol. The predicted molar refractivity (Wildman–Crippen MR) is 90.5 cm³/mol. The Hall–Kier alpha value is -3.00. The third-order valence-electron chi connectivity index (χ3n) is 5.07. The van der Waals surface area contributed by atoms with Crippen molar-refractivity contribution < 1.29 is 19.8 Å². The molecule has 1 saturated heterocycles. The highest BCUT2D eigenvalue weighted by Crippen LogP contribution is 2.46. The van der Waals surface area contributed by atoms with Gasteiger partial charge in [0.15, 0.2) is 0 Å². The van der Waals surface area contributed by atoms with Crippen LogP contribution in [0.5, 0.6) is 0 Å². The Morgan fingerprint density at radius 1 is 1.27 bits per heavy atom. The number of aliphatic hydroxyl groups excluding tert-OH is 1. The van der Waals surface area contributed by atoms with E-state index in [4.69, 9.17) is 0 Å². The van der Waals surface area contributed by atoms with E-state index in [1.165, 1.54) is 4.90 Å². The van der Waals surface area contributed by atoms with Gasteiger partial charge in [-0.15, -0.1) is 10.2 Å². The summed E-state index contributed by atoms with van der Waals surface area (Å²) in [5, 5.41) is 26.9. The quantitative estimate of drug-likeness (QED) is 0.767. The number of nitrogens with zero attached hydrogens (tertiary/aromatic N) is 4. The predicted octanol–water partition coefficient (Wildman–Crippen LogP) is 0.734. The molecule has 3 heterocycles. The highest BCUT2D eigenvalue weighted by molar-refractivity contribution is 6.06. The fourth-order valence-corrected chi connectivity index (χ4v) is 3.85. The molecule has 3 atom stereocenters. The first-order valence-electron chi connectivity index (χ1n) is 8.36. The first-order valence-corrected chi connectivity index (χ1v) is 8.36. The van der Waals surface area contributed by atoms with Crippen LogP contribution >= 0.6 is 0 Å². The van der Waals surface area contributed by atoms with Crippen LogP contribution in [0.25, 0.3) is 5.57 Å². The summed E-state index contributed by atoms with van der Waals surface area (Å²) in [6.07, 6.45) is 2.91. The van der Waals surface area contributed by atoms with Crippen LogP contribution in [0.4, 0.5) is 0 Å². The van der Waals surface area contributed by atoms with Crippen molar-refractivity contribution in [2.75, 3.05) is 0 Å². The maximum Gasteiger partial charge on any atom is 0.352 e. The first-order chi connectivity index (χ1) is 12.5. The molecular formula is C18H18N4O4. The van der Waals surface area contributed by atoms with Crippen molar-refractivity contribution in [2.24, 2.45) is 5.92 Å². The summed E-state index contributed by atoms with van der Waals surface area (Å²) in [5.41, 5.74) is 2.48. The van der Waals surface area contributed by atoms with E-state index in [9.17, 15) is 19.8 Å². The third-order valence-corrected chi connectivity index (χ3v) is 5.07. The minimum absolute atomic E-state index is 0.0310. The molecule has 0 aliphatic carbocycles. The Labute approximate surface area is 149 Å². The number of aliphatic hydroxyl groups is 1. The lowest BCUT2D eigenvalue weighted by atomic mass is 9.82. The standard InChI is InChI=1S/C18H18N4O4/c1-10(23)15-14-6-13(16(18(25)26)22(14)17(15)24)12-4-2-11(3-5-12)7-21-8-19-20-9-21/h2-5,8-10,14-15,23H,6-7H2,1H3,(H,25,26)/t10-,14-,15+/m1/s1. The van der Waals surface area contributed by atoms with Gasteiger partial charge < -0.3 is 19.7 Å². The van der Waals surface area contributed by atoms with E-state index in [2.05, 4.69) is 10.2 Å². The Balaban J connectivity index is 1.62. The Bertz CT molecular complexity index is 886. The molecule has 1 aromatic heterocycles. The van der Waals surface area contributed by atoms with Gasteiger partial charge in [0, 0.05) is 6.54 Å². The zero-order valence-corrected chi connectivity index (χ0v) is 14.1. The summed E-state index contributed by atoms with van der Waals surface area (Å²) in [5.74, 6) is -1.97. The van der Waals surface area contributed by atoms with Crippen LogP contribution < -0.4 is 0 Å². The van der Waals surface area contributed by atoms with Gasteiger partial charge in [0.2, 0.25) is 5.91 Å². The van der Waals surface area contributed by atoms with Crippen molar-refractivity contribution in [3.05, 3.63) is 53.7 Å². The number of aromatic nitrogens is 3. The van der Waals surface area contributed by atoms with Gasteiger partial charge in [-0.1, -0.05) is 24.3 Å². The normalized spacial score (nSPS) is 23.0. The zero-order valence-electron chi connectivity index (χ0n) is 14.1. The first kappa shape index (κ1) is 16.5. The average Bonchev–Trinajstić information content (AvgIpc) is 3.21. The summed E-state index contributed by atoms with van der Waals surface area (Å²) in [7, 11) is 0. The lowest BCUT2D eigenvalue weighted by molar-refractivity contribution is -0.161.